The van der Waals surface area contributed by atoms with Crippen LogP contribution in [-0.2, 0) is 0 Å². The number of hydrogen-bond acceptors (Lipinski definition) is 8. The normalized spacial score (nSPS) is 13.1. The number of nitrogens with one attached hydrogen (secondary N) is 1. The number of carbonyl (C=O) groups is 1. The number of hydrogen-bond donors (Lipinski definition) is 1. The van der Waals surface area contributed by atoms with Gasteiger partial charge in [0.15, 0.2) is 28.8 Å². The first-order chi connectivity index (χ1) is 24.4. The van der Waals surface area contributed by atoms with Crippen LogP contribution in [-0.4, -0.2) is 58.9 Å². The Labute approximate surface area is 295 Å². The van der Waals surface area contributed by atoms with Crippen LogP contribution in [0.4, 0.5) is 10.1 Å². The largest absolute Gasteiger partial charge is 0.493 e. The molecular weight excluding hydrogens is 705 g/mol. The van der Waals surface area contributed by atoms with Crippen LogP contribution < -0.4 is 25.1 Å². The van der Waals surface area contributed by atoms with Crippen molar-refractivity contribution in [2.45, 2.75) is 19.3 Å². The summed E-state index contributed by atoms with van der Waals surface area (Å²) >= 11 is 3.39. The van der Waals surface area contributed by atoms with E-state index in [2.05, 4.69) is 36.2 Å². The highest BCUT2D eigenvalue weighted by Crippen LogP contribution is 2.38. The van der Waals surface area contributed by atoms with Crippen molar-refractivity contribution in [3.63, 3.8) is 0 Å². The van der Waals surface area contributed by atoms with Gasteiger partial charge in [-0.2, -0.15) is 9.78 Å². The molecule has 12 heteroatoms. The fourth-order valence-electron chi connectivity index (χ4n) is 6.05. The molecule has 0 unspecified atom stereocenters. The minimum atomic E-state index is -0.699. The number of halogens is 2. The summed E-state index contributed by atoms with van der Waals surface area (Å²) in [5, 5.41) is 8.44. The van der Waals surface area contributed by atoms with E-state index in [0.717, 1.165) is 36.6 Å². The third-order valence-electron chi connectivity index (χ3n) is 8.56. The van der Waals surface area contributed by atoms with Gasteiger partial charge in [-0.1, -0.05) is 34.1 Å². The summed E-state index contributed by atoms with van der Waals surface area (Å²) in [7, 11) is 1.56. The van der Waals surface area contributed by atoms with Gasteiger partial charge in [0, 0.05) is 45.8 Å². The molecule has 10 nitrogen and oxygen atoms in total. The molecule has 2 aromatic heterocycles. The standard InChI is InChI=1S/C38H33BrFN5O5/c1-48-34-22-29-31(23-35(34)49-20-6-19-44-17-4-5-18-44)41-16-15-32(29)50-33-14-11-25(21-30(33)40)42-37(46)36-27-7-2-3-8-28(27)38(47)45(43-36)26-12-9-24(39)10-13-26/h2-3,7-16,21-23H,4-6,17-20H2,1H3,(H,42,46). The zero-order chi connectivity index (χ0) is 34.6. The fraction of sp³-hybridized carbons (Fsp3) is 0.211. The van der Waals surface area contributed by atoms with Crippen molar-refractivity contribution in [3.8, 4) is 28.7 Å². The third kappa shape index (κ3) is 7.03. The Kier molecular flexibility index (Phi) is 9.72. The summed E-state index contributed by atoms with van der Waals surface area (Å²) < 4.78 is 35.2. The highest BCUT2D eigenvalue weighted by Gasteiger charge is 2.19. The monoisotopic (exact) mass is 737 g/mol. The first kappa shape index (κ1) is 33.2. The minimum absolute atomic E-state index is 0.0102. The van der Waals surface area contributed by atoms with Crippen LogP contribution >= 0.6 is 15.9 Å². The average Bonchev–Trinajstić information content (AvgIpc) is 3.65. The molecule has 254 valence electrons. The molecule has 50 heavy (non-hydrogen) atoms. The van der Waals surface area contributed by atoms with Crippen LogP contribution in [0.5, 0.6) is 23.0 Å². The van der Waals surface area contributed by atoms with E-state index >= 15 is 4.39 Å². The molecule has 0 atom stereocenters. The lowest BCUT2D eigenvalue weighted by atomic mass is 10.1. The molecule has 6 aromatic rings. The van der Waals surface area contributed by atoms with Gasteiger partial charge in [-0.3, -0.25) is 14.6 Å². The van der Waals surface area contributed by atoms with E-state index < -0.39 is 11.7 Å². The average molecular weight is 739 g/mol. The number of amides is 1. The molecule has 1 amide bonds. The van der Waals surface area contributed by atoms with Gasteiger partial charge < -0.3 is 24.4 Å². The van der Waals surface area contributed by atoms with Crippen LogP contribution in [0.25, 0.3) is 27.4 Å². The molecule has 4 aromatic carbocycles. The van der Waals surface area contributed by atoms with Gasteiger partial charge in [0.05, 0.1) is 30.3 Å². The van der Waals surface area contributed by atoms with Crippen molar-refractivity contribution < 1.29 is 23.4 Å². The number of methoxy groups -OCH3 is 1. The summed E-state index contributed by atoms with van der Waals surface area (Å²) in [5.74, 6) is 0.103. The summed E-state index contributed by atoms with van der Waals surface area (Å²) in [6.07, 6.45) is 4.99. The number of rotatable bonds is 11. The van der Waals surface area contributed by atoms with Gasteiger partial charge in [0.1, 0.15) is 5.75 Å². The van der Waals surface area contributed by atoms with Crippen LogP contribution in [0.3, 0.4) is 0 Å². The maximum Gasteiger partial charge on any atom is 0.279 e. The first-order valence-corrected chi connectivity index (χ1v) is 17.1. The van der Waals surface area contributed by atoms with Gasteiger partial charge in [0.2, 0.25) is 0 Å². The van der Waals surface area contributed by atoms with Gasteiger partial charge in [-0.15, -0.1) is 0 Å². The van der Waals surface area contributed by atoms with Gasteiger partial charge in [-0.05, 0) is 86.9 Å². The molecule has 3 heterocycles. The maximum atomic E-state index is 15.5. The summed E-state index contributed by atoms with van der Waals surface area (Å²) in [6, 6.07) is 23.1. The lowest BCUT2D eigenvalue weighted by Gasteiger charge is -2.16. The number of likely N-dealkylation sites (tertiary alicyclic amines) is 1. The number of ether oxygens (including phenoxy) is 3. The lowest BCUT2D eigenvalue weighted by molar-refractivity contribution is 0.102. The summed E-state index contributed by atoms with van der Waals surface area (Å²) in [6.45, 7) is 3.83. The predicted octanol–water partition coefficient (Wildman–Crippen LogP) is 7.75. The molecule has 0 spiro atoms. The molecule has 1 saturated heterocycles. The van der Waals surface area contributed by atoms with Crippen molar-refractivity contribution in [2.24, 2.45) is 0 Å². The van der Waals surface area contributed by atoms with Crippen LogP contribution in [0.15, 0.2) is 100 Å². The summed E-state index contributed by atoms with van der Waals surface area (Å²) in [5.41, 5.74) is 0.913. The molecule has 0 saturated carbocycles. The number of fused-ring (bicyclic) bond motifs is 2. The minimum Gasteiger partial charge on any atom is -0.493 e. The number of nitrogens with zero attached hydrogens (tertiary/aromatic N) is 4. The second kappa shape index (κ2) is 14.7. The van der Waals surface area contributed by atoms with E-state index in [4.69, 9.17) is 14.2 Å². The number of pyridine rings is 1. The molecule has 1 fully saturated rings. The van der Waals surface area contributed by atoms with Crippen molar-refractivity contribution >= 4 is 49.2 Å². The Morgan fingerprint density at radius 3 is 2.44 bits per heavy atom. The van der Waals surface area contributed by atoms with Crippen LogP contribution in [0.2, 0.25) is 0 Å². The number of anilines is 1. The van der Waals surface area contributed by atoms with Crippen molar-refractivity contribution in [3.05, 3.63) is 117 Å². The van der Waals surface area contributed by atoms with Crippen LogP contribution in [0.1, 0.15) is 29.8 Å². The van der Waals surface area contributed by atoms with Gasteiger partial charge in [0.25, 0.3) is 11.5 Å². The maximum absolute atomic E-state index is 15.5. The molecule has 7 rings (SSSR count). The highest BCUT2D eigenvalue weighted by molar-refractivity contribution is 9.10. The lowest BCUT2D eigenvalue weighted by Crippen LogP contribution is -2.26. The third-order valence-corrected chi connectivity index (χ3v) is 9.09. The van der Waals surface area contributed by atoms with Crippen molar-refractivity contribution in [2.75, 3.05) is 38.7 Å². The summed E-state index contributed by atoms with van der Waals surface area (Å²) in [4.78, 5) is 33.8. The molecule has 1 N–H and O–H groups in total. The number of aromatic nitrogens is 3. The Morgan fingerprint density at radius 1 is 0.900 bits per heavy atom. The van der Waals surface area contributed by atoms with Gasteiger partial charge in [-0.25, -0.2) is 4.39 Å². The number of carbonyl (C=O) groups excluding carboxylic acids is 1. The van der Waals surface area contributed by atoms with E-state index in [-0.39, 0.29) is 22.7 Å². The second-order valence-electron chi connectivity index (χ2n) is 11.9. The Balaban J connectivity index is 1.10. The van der Waals surface area contributed by atoms with E-state index in [9.17, 15) is 9.59 Å². The molecular formula is C38H33BrFN5O5. The second-order valence-corrected chi connectivity index (χ2v) is 12.8. The molecule has 1 aliphatic rings. The predicted molar refractivity (Wildman–Crippen MR) is 194 cm³/mol. The van der Waals surface area contributed by atoms with E-state index in [1.807, 2.05) is 0 Å². The van der Waals surface area contributed by atoms with Crippen LogP contribution in [0, 0.1) is 5.82 Å². The Morgan fingerprint density at radius 2 is 1.68 bits per heavy atom. The fourth-order valence-corrected chi connectivity index (χ4v) is 6.32. The number of benzene rings is 4. The molecule has 1 aliphatic heterocycles. The zero-order valence-corrected chi connectivity index (χ0v) is 28.8. The molecule has 0 bridgehead atoms. The highest BCUT2D eigenvalue weighted by atomic mass is 79.9. The zero-order valence-electron chi connectivity index (χ0n) is 27.2. The van der Waals surface area contributed by atoms with Gasteiger partial charge >= 0.3 is 0 Å². The Hall–Kier alpha value is -5.33. The van der Waals surface area contributed by atoms with E-state index in [1.54, 1.807) is 80.0 Å². The van der Waals surface area contributed by atoms with E-state index in [0.29, 0.717) is 51.2 Å². The smallest absolute Gasteiger partial charge is 0.279 e. The molecule has 0 aliphatic carbocycles. The quantitative estimate of drug-likeness (QED) is 0.135. The molecule has 0 radical (unpaired) electrons. The first-order valence-electron chi connectivity index (χ1n) is 16.3. The SMILES string of the molecule is COc1cc2c(Oc3ccc(NC(=O)c4nn(-c5ccc(Br)cc5)c(=O)c5ccccc45)cc3F)ccnc2cc1OCCCN1CCCC1. The van der Waals surface area contributed by atoms with Crippen molar-refractivity contribution in [1.29, 1.82) is 0 Å². The van der Waals surface area contributed by atoms with Crippen molar-refractivity contribution in [1.82, 2.24) is 19.7 Å². The Bertz CT molecular complexity index is 2260. The topological polar surface area (TPSA) is 108 Å². The van der Waals surface area contributed by atoms with E-state index in [1.165, 1.54) is 29.7 Å².